The fourth-order valence-electron chi connectivity index (χ4n) is 1.87. The van der Waals surface area contributed by atoms with Crippen molar-refractivity contribution < 1.29 is 13.9 Å². The molecule has 2 aromatic carbocycles. The van der Waals surface area contributed by atoms with E-state index in [1.165, 1.54) is 19.2 Å². The monoisotopic (exact) mass is 259 g/mol. The molecule has 19 heavy (non-hydrogen) atoms. The molecule has 0 spiro atoms. The molecule has 0 radical (unpaired) electrons. The van der Waals surface area contributed by atoms with Crippen LogP contribution in [0.2, 0.25) is 0 Å². The van der Waals surface area contributed by atoms with Crippen LogP contribution in [0.15, 0.2) is 36.4 Å². The quantitative estimate of drug-likeness (QED) is 0.665. The molecule has 0 saturated heterocycles. The SMILES string of the molecule is COC(=O)c1cc(-c2ccc(F)cc2)cc(N)c1C. The van der Waals surface area contributed by atoms with Crippen LogP contribution in [0.3, 0.4) is 0 Å². The molecular weight excluding hydrogens is 245 g/mol. The summed E-state index contributed by atoms with van der Waals surface area (Å²) in [6, 6.07) is 9.47. The van der Waals surface area contributed by atoms with Crippen molar-refractivity contribution >= 4 is 11.7 Å². The van der Waals surface area contributed by atoms with E-state index in [1.807, 2.05) is 0 Å². The Balaban J connectivity index is 2.56. The molecule has 2 aromatic rings. The van der Waals surface area contributed by atoms with Gasteiger partial charge in [-0.1, -0.05) is 12.1 Å². The van der Waals surface area contributed by atoms with Crippen molar-refractivity contribution in [2.75, 3.05) is 12.8 Å². The van der Waals surface area contributed by atoms with Gasteiger partial charge in [0, 0.05) is 5.69 Å². The minimum atomic E-state index is -0.437. The topological polar surface area (TPSA) is 52.3 Å². The van der Waals surface area contributed by atoms with E-state index in [9.17, 15) is 9.18 Å². The van der Waals surface area contributed by atoms with Gasteiger partial charge in [0.2, 0.25) is 0 Å². The largest absolute Gasteiger partial charge is 0.465 e. The van der Waals surface area contributed by atoms with Gasteiger partial charge in [-0.05, 0) is 47.9 Å². The van der Waals surface area contributed by atoms with Gasteiger partial charge in [0.05, 0.1) is 12.7 Å². The van der Waals surface area contributed by atoms with Gasteiger partial charge in [-0.15, -0.1) is 0 Å². The Kier molecular flexibility index (Phi) is 3.51. The standard InChI is InChI=1S/C15H14FNO2/c1-9-13(15(18)19-2)7-11(8-14(9)17)10-3-5-12(16)6-4-10/h3-8H,17H2,1-2H3. The number of benzene rings is 2. The molecule has 0 heterocycles. The minimum Gasteiger partial charge on any atom is -0.465 e. The van der Waals surface area contributed by atoms with Crippen molar-refractivity contribution in [1.29, 1.82) is 0 Å². The number of ether oxygens (including phenoxy) is 1. The van der Waals surface area contributed by atoms with E-state index in [-0.39, 0.29) is 5.82 Å². The zero-order valence-electron chi connectivity index (χ0n) is 10.7. The first-order valence-electron chi connectivity index (χ1n) is 5.77. The van der Waals surface area contributed by atoms with Crippen LogP contribution in [-0.4, -0.2) is 13.1 Å². The van der Waals surface area contributed by atoms with Crippen LogP contribution in [0.5, 0.6) is 0 Å². The van der Waals surface area contributed by atoms with Crippen molar-refractivity contribution in [2.24, 2.45) is 0 Å². The maximum atomic E-state index is 12.9. The van der Waals surface area contributed by atoms with Gasteiger partial charge in [0.1, 0.15) is 5.82 Å². The Morgan fingerprint density at radius 3 is 2.37 bits per heavy atom. The van der Waals surface area contributed by atoms with Gasteiger partial charge in [-0.25, -0.2) is 9.18 Å². The van der Waals surface area contributed by atoms with E-state index in [4.69, 9.17) is 10.5 Å². The Hall–Kier alpha value is -2.36. The fraction of sp³-hybridized carbons (Fsp3) is 0.133. The van der Waals surface area contributed by atoms with Crippen molar-refractivity contribution in [3.05, 3.63) is 53.3 Å². The number of nitrogen functional groups attached to an aromatic ring is 1. The molecule has 0 atom stereocenters. The first-order chi connectivity index (χ1) is 9.02. The molecule has 0 unspecified atom stereocenters. The average Bonchev–Trinajstić information content (AvgIpc) is 2.41. The van der Waals surface area contributed by atoms with Gasteiger partial charge < -0.3 is 10.5 Å². The number of hydrogen-bond donors (Lipinski definition) is 1. The second-order valence-electron chi connectivity index (χ2n) is 4.24. The third-order valence-electron chi connectivity index (χ3n) is 3.03. The van der Waals surface area contributed by atoms with Gasteiger partial charge in [0.15, 0.2) is 0 Å². The Labute approximate surface area is 110 Å². The summed E-state index contributed by atoms with van der Waals surface area (Å²) >= 11 is 0. The maximum Gasteiger partial charge on any atom is 0.338 e. The molecule has 0 aromatic heterocycles. The van der Waals surface area contributed by atoms with Crippen molar-refractivity contribution in [3.63, 3.8) is 0 Å². The highest BCUT2D eigenvalue weighted by Crippen LogP contribution is 2.27. The molecule has 4 heteroatoms. The number of methoxy groups -OCH3 is 1. The molecule has 0 saturated carbocycles. The predicted molar refractivity (Wildman–Crippen MR) is 72.3 cm³/mol. The summed E-state index contributed by atoms with van der Waals surface area (Å²) in [7, 11) is 1.32. The normalized spacial score (nSPS) is 10.3. The number of nitrogens with two attached hydrogens (primary N) is 1. The fourth-order valence-corrected chi connectivity index (χ4v) is 1.87. The summed E-state index contributed by atoms with van der Waals surface area (Å²) in [5.74, 6) is -0.745. The number of anilines is 1. The lowest BCUT2D eigenvalue weighted by Gasteiger charge is -2.10. The molecule has 0 fully saturated rings. The van der Waals surface area contributed by atoms with Crippen LogP contribution >= 0.6 is 0 Å². The number of rotatable bonds is 2. The van der Waals surface area contributed by atoms with Crippen LogP contribution in [0, 0.1) is 12.7 Å². The lowest BCUT2D eigenvalue weighted by molar-refractivity contribution is 0.0600. The molecule has 3 nitrogen and oxygen atoms in total. The maximum absolute atomic E-state index is 12.9. The van der Waals surface area contributed by atoms with Crippen LogP contribution < -0.4 is 5.73 Å². The van der Waals surface area contributed by atoms with E-state index in [1.54, 1.807) is 31.2 Å². The molecule has 98 valence electrons. The second-order valence-corrected chi connectivity index (χ2v) is 4.24. The molecule has 0 aliphatic rings. The zero-order chi connectivity index (χ0) is 14.0. The predicted octanol–water partition coefficient (Wildman–Crippen LogP) is 3.17. The summed E-state index contributed by atoms with van der Waals surface area (Å²) < 4.78 is 17.6. The smallest absolute Gasteiger partial charge is 0.338 e. The van der Waals surface area contributed by atoms with E-state index in [0.29, 0.717) is 16.8 Å². The third kappa shape index (κ3) is 2.57. The lowest BCUT2D eigenvalue weighted by atomic mass is 9.98. The Bertz CT molecular complexity index is 621. The molecular formula is C15H14FNO2. The average molecular weight is 259 g/mol. The van der Waals surface area contributed by atoms with Crippen molar-refractivity contribution in [3.8, 4) is 11.1 Å². The first-order valence-corrected chi connectivity index (χ1v) is 5.77. The summed E-state index contributed by atoms with van der Waals surface area (Å²) in [5, 5.41) is 0. The highest BCUT2D eigenvalue weighted by molar-refractivity contribution is 5.94. The van der Waals surface area contributed by atoms with E-state index in [0.717, 1.165) is 11.1 Å². The van der Waals surface area contributed by atoms with Crippen LogP contribution in [0.4, 0.5) is 10.1 Å². The first kappa shape index (κ1) is 13.1. The zero-order valence-corrected chi connectivity index (χ0v) is 10.7. The van der Waals surface area contributed by atoms with E-state index >= 15 is 0 Å². The van der Waals surface area contributed by atoms with Crippen LogP contribution in [-0.2, 0) is 4.74 Å². The van der Waals surface area contributed by atoms with Crippen molar-refractivity contribution in [1.82, 2.24) is 0 Å². The van der Waals surface area contributed by atoms with E-state index < -0.39 is 5.97 Å². The number of esters is 1. The number of carbonyl (C=O) groups is 1. The third-order valence-corrected chi connectivity index (χ3v) is 3.03. The summed E-state index contributed by atoms with van der Waals surface area (Å²) in [5.41, 5.74) is 9.04. The van der Waals surface area contributed by atoms with Gasteiger partial charge in [0.25, 0.3) is 0 Å². The minimum absolute atomic E-state index is 0.308. The molecule has 0 amide bonds. The van der Waals surface area contributed by atoms with Crippen LogP contribution in [0.25, 0.3) is 11.1 Å². The summed E-state index contributed by atoms with van der Waals surface area (Å²) in [4.78, 5) is 11.7. The molecule has 0 aliphatic heterocycles. The van der Waals surface area contributed by atoms with Gasteiger partial charge >= 0.3 is 5.97 Å². The number of hydrogen-bond acceptors (Lipinski definition) is 3. The number of carbonyl (C=O) groups excluding carboxylic acids is 1. The Morgan fingerprint density at radius 1 is 1.16 bits per heavy atom. The summed E-state index contributed by atoms with van der Waals surface area (Å²) in [6.45, 7) is 1.76. The molecule has 0 bridgehead atoms. The van der Waals surface area contributed by atoms with Gasteiger partial charge in [-0.3, -0.25) is 0 Å². The highest BCUT2D eigenvalue weighted by atomic mass is 19.1. The molecule has 2 rings (SSSR count). The Morgan fingerprint density at radius 2 is 1.79 bits per heavy atom. The number of halogens is 1. The van der Waals surface area contributed by atoms with Crippen LogP contribution in [0.1, 0.15) is 15.9 Å². The second kappa shape index (κ2) is 5.10. The molecule has 0 aliphatic carbocycles. The molecule has 2 N–H and O–H groups in total. The van der Waals surface area contributed by atoms with Crippen molar-refractivity contribution in [2.45, 2.75) is 6.92 Å². The van der Waals surface area contributed by atoms with Gasteiger partial charge in [-0.2, -0.15) is 0 Å². The highest BCUT2D eigenvalue weighted by Gasteiger charge is 2.13. The van der Waals surface area contributed by atoms with E-state index in [2.05, 4.69) is 0 Å². The lowest BCUT2D eigenvalue weighted by Crippen LogP contribution is -2.06. The summed E-state index contributed by atoms with van der Waals surface area (Å²) in [6.07, 6.45) is 0.